The van der Waals surface area contributed by atoms with Crippen LogP contribution in [-0.4, -0.2) is 41.7 Å². The van der Waals surface area contributed by atoms with Crippen LogP contribution in [0.1, 0.15) is 18.9 Å². The van der Waals surface area contributed by atoms with E-state index >= 15 is 0 Å². The molecule has 0 unspecified atom stereocenters. The lowest BCUT2D eigenvalue weighted by Gasteiger charge is -2.13. The van der Waals surface area contributed by atoms with Crippen molar-refractivity contribution in [1.29, 1.82) is 0 Å². The zero-order valence-corrected chi connectivity index (χ0v) is 14.8. The molecule has 2 rings (SSSR count). The number of amides is 1. The summed E-state index contributed by atoms with van der Waals surface area (Å²) in [6, 6.07) is 5.45. The molecule has 0 atom stereocenters. The van der Waals surface area contributed by atoms with Crippen LogP contribution in [0.15, 0.2) is 23.1 Å². The molecule has 0 aliphatic carbocycles. The molecule has 0 saturated carbocycles. The quantitative estimate of drug-likeness (QED) is 0.580. The maximum Gasteiger partial charge on any atom is 0.266 e. The van der Waals surface area contributed by atoms with Gasteiger partial charge in [0.25, 0.3) is 5.91 Å². The Morgan fingerprint density at radius 2 is 2.09 bits per heavy atom. The molecule has 1 heterocycles. The fraction of sp³-hybridized carbons (Fsp3) is 0.312. The number of para-hydroxylation sites is 1. The van der Waals surface area contributed by atoms with Crippen LogP contribution in [0.25, 0.3) is 6.08 Å². The molecule has 1 saturated heterocycles. The number of hydrogen-bond donors (Lipinski definition) is 0. The SMILES string of the molecule is COc1cccc(/C=C2\SC(=S)N(CCC(C)=O)C2=O)c1OC. The Kier molecular flexibility index (Phi) is 5.79. The van der Waals surface area contributed by atoms with Crippen molar-refractivity contribution in [2.75, 3.05) is 20.8 Å². The minimum atomic E-state index is -0.189. The van der Waals surface area contributed by atoms with Gasteiger partial charge in [-0.25, -0.2) is 0 Å². The standard InChI is InChI=1S/C16H17NO4S2/c1-10(18)7-8-17-15(19)13(23-16(17)22)9-11-5-4-6-12(20-2)14(11)21-3/h4-6,9H,7-8H2,1-3H3/b13-9-. The van der Waals surface area contributed by atoms with Gasteiger partial charge in [0.1, 0.15) is 10.1 Å². The molecule has 0 spiro atoms. The normalized spacial score (nSPS) is 16.1. The van der Waals surface area contributed by atoms with Gasteiger partial charge >= 0.3 is 0 Å². The number of benzene rings is 1. The number of carbonyl (C=O) groups is 2. The molecule has 1 fully saturated rings. The maximum atomic E-state index is 12.5. The Labute approximate surface area is 144 Å². The second kappa shape index (κ2) is 7.61. The van der Waals surface area contributed by atoms with E-state index in [1.165, 1.54) is 23.6 Å². The Morgan fingerprint density at radius 3 is 2.70 bits per heavy atom. The van der Waals surface area contributed by atoms with Crippen LogP contribution in [0.5, 0.6) is 11.5 Å². The highest BCUT2D eigenvalue weighted by Crippen LogP contribution is 2.37. The van der Waals surface area contributed by atoms with Gasteiger partial charge in [0, 0.05) is 18.5 Å². The number of nitrogens with zero attached hydrogens (tertiary/aromatic N) is 1. The van der Waals surface area contributed by atoms with Crippen molar-refractivity contribution < 1.29 is 19.1 Å². The molecule has 0 aromatic heterocycles. The van der Waals surface area contributed by atoms with Crippen LogP contribution in [0.2, 0.25) is 0 Å². The smallest absolute Gasteiger partial charge is 0.266 e. The van der Waals surface area contributed by atoms with Gasteiger partial charge in [-0.2, -0.15) is 0 Å². The fourth-order valence-electron chi connectivity index (χ4n) is 2.13. The molecule has 122 valence electrons. The van der Waals surface area contributed by atoms with Gasteiger partial charge in [-0.1, -0.05) is 36.1 Å². The summed E-state index contributed by atoms with van der Waals surface area (Å²) >= 11 is 6.45. The second-order valence-corrected chi connectivity index (χ2v) is 6.54. The monoisotopic (exact) mass is 351 g/mol. The summed E-state index contributed by atoms with van der Waals surface area (Å²) in [5.74, 6) is 0.987. The number of thiocarbonyl (C=S) groups is 1. The van der Waals surface area contributed by atoms with Crippen LogP contribution >= 0.6 is 24.0 Å². The molecular formula is C16H17NO4S2. The van der Waals surface area contributed by atoms with Gasteiger partial charge in [0.05, 0.1) is 19.1 Å². The maximum absolute atomic E-state index is 12.5. The Hall–Kier alpha value is -1.86. The van der Waals surface area contributed by atoms with Crippen molar-refractivity contribution in [3.8, 4) is 11.5 Å². The predicted octanol–water partition coefficient (Wildman–Crippen LogP) is 2.88. The van der Waals surface area contributed by atoms with Gasteiger partial charge < -0.3 is 9.47 Å². The molecule has 0 bridgehead atoms. The average molecular weight is 351 g/mol. The number of thioether (sulfide) groups is 1. The summed E-state index contributed by atoms with van der Waals surface area (Å²) in [5, 5.41) is 0. The van der Waals surface area contributed by atoms with Gasteiger partial charge in [-0.15, -0.1) is 0 Å². The predicted molar refractivity (Wildman–Crippen MR) is 94.7 cm³/mol. The minimum Gasteiger partial charge on any atom is -0.493 e. The first-order chi connectivity index (χ1) is 11.0. The second-order valence-electron chi connectivity index (χ2n) is 4.87. The van der Waals surface area contributed by atoms with E-state index in [0.29, 0.717) is 33.7 Å². The molecule has 1 amide bonds. The largest absolute Gasteiger partial charge is 0.493 e. The van der Waals surface area contributed by atoms with E-state index in [0.717, 1.165) is 5.56 Å². The first-order valence-electron chi connectivity index (χ1n) is 6.93. The Balaban J connectivity index is 2.29. The highest BCUT2D eigenvalue weighted by molar-refractivity contribution is 8.26. The van der Waals surface area contributed by atoms with E-state index in [2.05, 4.69) is 0 Å². The van der Waals surface area contributed by atoms with Crippen LogP contribution in [0, 0.1) is 0 Å². The summed E-state index contributed by atoms with van der Waals surface area (Å²) in [7, 11) is 3.11. The lowest BCUT2D eigenvalue weighted by Crippen LogP contribution is -2.30. The molecule has 23 heavy (non-hydrogen) atoms. The molecule has 1 aliphatic rings. The number of carbonyl (C=O) groups excluding carboxylic acids is 2. The topological polar surface area (TPSA) is 55.8 Å². The van der Waals surface area contributed by atoms with Crippen molar-refractivity contribution in [1.82, 2.24) is 4.90 Å². The lowest BCUT2D eigenvalue weighted by atomic mass is 10.1. The van der Waals surface area contributed by atoms with Crippen LogP contribution in [0.3, 0.4) is 0 Å². The molecule has 1 aliphatic heterocycles. The Morgan fingerprint density at radius 1 is 1.35 bits per heavy atom. The number of Topliss-reactive ketones (excluding diaryl/α,β-unsaturated/α-hetero) is 1. The first-order valence-corrected chi connectivity index (χ1v) is 8.16. The fourth-order valence-corrected chi connectivity index (χ4v) is 3.43. The summed E-state index contributed by atoms with van der Waals surface area (Å²) in [4.78, 5) is 25.5. The molecule has 5 nitrogen and oxygen atoms in total. The van der Waals surface area contributed by atoms with Crippen LogP contribution < -0.4 is 9.47 Å². The first kappa shape index (κ1) is 17.5. The third-order valence-corrected chi connectivity index (χ3v) is 4.66. The van der Waals surface area contributed by atoms with Crippen LogP contribution in [0.4, 0.5) is 0 Å². The number of ether oxygens (including phenoxy) is 2. The highest BCUT2D eigenvalue weighted by atomic mass is 32.2. The summed E-state index contributed by atoms with van der Waals surface area (Å²) in [6.45, 7) is 1.81. The van der Waals surface area contributed by atoms with E-state index in [9.17, 15) is 9.59 Å². The molecule has 0 radical (unpaired) electrons. The van der Waals surface area contributed by atoms with Crippen LogP contribution in [-0.2, 0) is 9.59 Å². The minimum absolute atomic E-state index is 0.0255. The van der Waals surface area contributed by atoms with Gasteiger partial charge in [0.2, 0.25) is 0 Å². The van der Waals surface area contributed by atoms with Gasteiger partial charge in [-0.05, 0) is 19.1 Å². The van der Waals surface area contributed by atoms with E-state index in [1.807, 2.05) is 12.1 Å². The highest BCUT2D eigenvalue weighted by Gasteiger charge is 2.32. The molecule has 0 N–H and O–H groups in total. The number of hydrogen-bond acceptors (Lipinski definition) is 6. The molecule has 1 aromatic carbocycles. The van der Waals surface area contributed by atoms with Crippen molar-refractivity contribution in [3.63, 3.8) is 0 Å². The van der Waals surface area contributed by atoms with E-state index in [1.54, 1.807) is 26.4 Å². The number of ketones is 1. The third kappa shape index (κ3) is 3.92. The summed E-state index contributed by atoms with van der Waals surface area (Å²) < 4.78 is 11.1. The molecule has 1 aromatic rings. The van der Waals surface area contributed by atoms with E-state index in [4.69, 9.17) is 21.7 Å². The zero-order valence-electron chi connectivity index (χ0n) is 13.1. The van der Waals surface area contributed by atoms with Crippen molar-refractivity contribution in [3.05, 3.63) is 28.7 Å². The molecule has 7 heteroatoms. The number of rotatable bonds is 6. The van der Waals surface area contributed by atoms with Crippen molar-refractivity contribution >= 4 is 46.1 Å². The average Bonchev–Trinajstić information content (AvgIpc) is 2.79. The van der Waals surface area contributed by atoms with Crippen molar-refractivity contribution in [2.24, 2.45) is 0 Å². The van der Waals surface area contributed by atoms with E-state index in [-0.39, 0.29) is 11.7 Å². The zero-order chi connectivity index (χ0) is 17.0. The number of methoxy groups -OCH3 is 2. The third-order valence-electron chi connectivity index (χ3n) is 3.28. The van der Waals surface area contributed by atoms with E-state index < -0.39 is 0 Å². The summed E-state index contributed by atoms with van der Waals surface area (Å²) in [5.41, 5.74) is 0.735. The van der Waals surface area contributed by atoms with Gasteiger partial charge in [-0.3, -0.25) is 14.5 Å². The summed E-state index contributed by atoms with van der Waals surface area (Å²) in [6.07, 6.45) is 2.02. The Bertz CT molecular complexity index is 685. The van der Waals surface area contributed by atoms with Crippen molar-refractivity contribution in [2.45, 2.75) is 13.3 Å². The molecular weight excluding hydrogens is 334 g/mol. The van der Waals surface area contributed by atoms with Gasteiger partial charge in [0.15, 0.2) is 11.5 Å². The lowest BCUT2D eigenvalue weighted by molar-refractivity contribution is -0.122.